The van der Waals surface area contributed by atoms with Crippen molar-refractivity contribution in [1.82, 2.24) is 0 Å². The molecule has 2 aromatic carbocycles. The lowest BCUT2D eigenvalue weighted by molar-refractivity contribution is 0.102. The Balaban J connectivity index is 2.54. The van der Waals surface area contributed by atoms with Gasteiger partial charge in [-0.15, -0.1) is 0 Å². The fourth-order valence-corrected chi connectivity index (χ4v) is 3.02. The van der Waals surface area contributed by atoms with E-state index in [1.165, 1.54) is 0 Å². The molecule has 0 spiro atoms. The molecule has 5 heteroatoms. The number of hydrogen-bond donors (Lipinski definition) is 2. The van der Waals surface area contributed by atoms with Crippen molar-refractivity contribution in [2.24, 2.45) is 0 Å². The van der Waals surface area contributed by atoms with Crippen LogP contribution >= 0.6 is 0 Å². The van der Waals surface area contributed by atoms with Crippen LogP contribution in [-0.4, -0.2) is 25.2 Å². The quantitative estimate of drug-likeness (QED) is 0.754. The Labute approximate surface area is 167 Å². The predicted octanol–water partition coefficient (Wildman–Crippen LogP) is 5.26. The Morgan fingerprint density at radius 3 is 1.86 bits per heavy atom. The number of methoxy groups -OCH3 is 2. The second-order valence-corrected chi connectivity index (χ2v) is 8.94. The second kappa shape index (κ2) is 7.74. The minimum Gasteiger partial charge on any atom is -0.507 e. The Morgan fingerprint density at radius 2 is 1.43 bits per heavy atom. The van der Waals surface area contributed by atoms with Crippen LogP contribution in [0.4, 0.5) is 5.69 Å². The maximum atomic E-state index is 13.1. The summed E-state index contributed by atoms with van der Waals surface area (Å²) in [6.45, 7) is 12.1. The summed E-state index contributed by atoms with van der Waals surface area (Å²) in [5, 5.41) is 13.7. The molecule has 0 aliphatic heterocycles. The van der Waals surface area contributed by atoms with Gasteiger partial charge in [0.05, 0.1) is 19.9 Å². The van der Waals surface area contributed by atoms with E-state index in [9.17, 15) is 9.90 Å². The molecule has 28 heavy (non-hydrogen) atoms. The summed E-state index contributed by atoms with van der Waals surface area (Å²) in [6.07, 6.45) is 0. The van der Waals surface area contributed by atoms with Crippen molar-refractivity contribution >= 4 is 11.6 Å². The van der Waals surface area contributed by atoms with Gasteiger partial charge in [0, 0.05) is 22.8 Å². The average molecular weight is 386 g/mol. The van der Waals surface area contributed by atoms with Gasteiger partial charge in [-0.1, -0.05) is 41.5 Å². The fraction of sp³-hybridized carbons (Fsp3) is 0.435. The third-order valence-corrected chi connectivity index (χ3v) is 4.64. The molecule has 0 atom stereocenters. The molecule has 0 radical (unpaired) electrons. The van der Waals surface area contributed by atoms with Crippen LogP contribution in [-0.2, 0) is 10.8 Å². The maximum Gasteiger partial charge on any atom is 0.255 e. The van der Waals surface area contributed by atoms with Crippen molar-refractivity contribution in [3.05, 3.63) is 47.0 Å². The first-order chi connectivity index (χ1) is 12.9. The van der Waals surface area contributed by atoms with Crippen LogP contribution in [0, 0.1) is 0 Å². The molecular formula is C23H31NO4. The first kappa shape index (κ1) is 21.6. The summed E-state index contributed by atoms with van der Waals surface area (Å²) in [5.41, 5.74) is 1.86. The van der Waals surface area contributed by atoms with Gasteiger partial charge in [0.15, 0.2) is 0 Å². The van der Waals surface area contributed by atoms with E-state index in [0.29, 0.717) is 22.7 Å². The molecule has 2 rings (SSSR count). The topological polar surface area (TPSA) is 67.8 Å². The number of carbonyl (C=O) groups is 1. The van der Waals surface area contributed by atoms with E-state index in [0.717, 1.165) is 11.1 Å². The van der Waals surface area contributed by atoms with Crippen molar-refractivity contribution in [1.29, 1.82) is 0 Å². The molecular weight excluding hydrogens is 354 g/mol. The number of carbonyl (C=O) groups excluding carboxylic acids is 1. The van der Waals surface area contributed by atoms with Crippen molar-refractivity contribution in [2.45, 2.75) is 52.4 Å². The van der Waals surface area contributed by atoms with E-state index in [2.05, 4.69) is 5.32 Å². The number of phenols is 1. The largest absolute Gasteiger partial charge is 0.507 e. The lowest BCUT2D eigenvalue weighted by atomic mass is 9.78. The van der Waals surface area contributed by atoms with Gasteiger partial charge < -0.3 is 19.9 Å². The molecule has 2 aromatic rings. The first-order valence-corrected chi connectivity index (χ1v) is 9.30. The van der Waals surface area contributed by atoms with Crippen LogP contribution in [0.25, 0.3) is 0 Å². The number of anilines is 1. The van der Waals surface area contributed by atoms with Gasteiger partial charge in [-0.05, 0) is 35.1 Å². The van der Waals surface area contributed by atoms with Gasteiger partial charge in [-0.25, -0.2) is 0 Å². The highest BCUT2D eigenvalue weighted by molar-refractivity contribution is 6.05. The summed E-state index contributed by atoms with van der Waals surface area (Å²) < 4.78 is 10.6. The van der Waals surface area contributed by atoms with Crippen molar-refractivity contribution in [3.63, 3.8) is 0 Å². The van der Waals surface area contributed by atoms with Crippen LogP contribution in [0.1, 0.15) is 63.0 Å². The number of phenolic OH excluding ortho intramolecular Hbond substituents is 1. The number of hydrogen-bond acceptors (Lipinski definition) is 4. The Bertz CT molecular complexity index is 838. The van der Waals surface area contributed by atoms with Crippen LogP contribution in [0.15, 0.2) is 30.3 Å². The molecule has 5 nitrogen and oxygen atoms in total. The fourth-order valence-electron chi connectivity index (χ4n) is 3.02. The maximum absolute atomic E-state index is 13.1. The smallest absolute Gasteiger partial charge is 0.255 e. The molecule has 0 saturated carbocycles. The van der Waals surface area contributed by atoms with E-state index in [1.807, 2.05) is 41.5 Å². The van der Waals surface area contributed by atoms with Crippen molar-refractivity contribution in [2.75, 3.05) is 19.5 Å². The number of rotatable bonds is 4. The van der Waals surface area contributed by atoms with Crippen LogP contribution in [0.5, 0.6) is 17.2 Å². The van der Waals surface area contributed by atoms with E-state index in [1.54, 1.807) is 44.6 Å². The molecule has 0 unspecified atom stereocenters. The molecule has 0 saturated heterocycles. The summed E-state index contributed by atoms with van der Waals surface area (Å²) in [5.74, 6) is 1.13. The highest BCUT2D eigenvalue weighted by atomic mass is 16.5. The minimum absolute atomic E-state index is 0.246. The van der Waals surface area contributed by atoms with Crippen LogP contribution in [0.2, 0.25) is 0 Å². The summed E-state index contributed by atoms with van der Waals surface area (Å²) >= 11 is 0. The molecule has 2 N–H and O–H groups in total. The van der Waals surface area contributed by atoms with E-state index >= 15 is 0 Å². The Kier molecular flexibility index (Phi) is 5.97. The minimum atomic E-state index is -0.311. The highest BCUT2D eigenvalue weighted by Gasteiger charge is 2.28. The zero-order chi connectivity index (χ0) is 21.3. The number of aromatic hydroxyl groups is 1. The molecule has 152 valence electrons. The lowest BCUT2D eigenvalue weighted by Gasteiger charge is -2.28. The zero-order valence-corrected chi connectivity index (χ0v) is 18.1. The molecule has 0 aliphatic carbocycles. The van der Waals surface area contributed by atoms with Gasteiger partial charge in [0.25, 0.3) is 5.91 Å². The van der Waals surface area contributed by atoms with Gasteiger partial charge in [-0.3, -0.25) is 4.79 Å². The first-order valence-electron chi connectivity index (χ1n) is 9.30. The van der Waals surface area contributed by atoms with Crippen LogP contribution in [0.3, 0.4) is 0 Å². The number of amides is 1. The van der Waals surface area contributed by atoms with Gasteiger partial charge in [-0.2, -0.15) is 0 Å². The number of benzene rings is 2. The normalized spacial score (nSPS) is 11.9. The summed E-state index contributed by atoms with van der Waals surface area (Å²) in [4.78, 5) is 13.1. The zero-order valence-electron chi connectivity index (χ0n) is 18.1. The van der Waals surface area contributed by atoms with Gasteiger partial charge in [0.1, 0.15) is 17.2 Å². The molecule has 0 fully saturated rings. The SMILES string of the molecule is COc1ccc(OC)c(NC(=O)c2cc(C(C)(C)C)c(O)c(C(C)(C)C)c2)c1. The lowest BCUT2D eigenvalue weighted by Crippen LogP contribution is -2.20. The average Bonchev–Trinajstić information content (AvgIpc) is 2.59. The molecule has 1 amide bonds. The Hall–Kier alpha value is -2.69. The van der Waals surface area contributed by atoms with E-state index in [4.69, 9.17) is 9.47 Å². The third-order valence-electron chi connectivity index (χ3n) is 4.64. The molecule has 0 heterocycles. The standard InChI is InChI=1S/C23H31NO4/c1-22(2,3)16-11-14(12-17(20(16)25)23(4,5)6)21(26)24-18-13-15(27-7)9-10-19(18)28-8/h9-13,25H,1-8H3,(H,24,26). The Morgan fingerprint density at radius 1 is 0.893 bits per heavy atom. The van der Waals surface area contributed by atoms with Crippen LogP contribution < -0.4 is 14.8 Å². The van der Waals surface area contributed by atoms with Gasteiger partial charge in [0.2, 0.25) is 0 Å². The predicted molar refractivity (Wildman–Crippen MR) is 113 cm³/mol. The molecule has 0 aromatic heterocycles. The molecule has 0 bridgehead atoms. The van der Waals surface area contributed by atoms with Gasteiger partial charge >= 0.3 is 0 Å². The third kappa shape index (κ3) is 4.58. The van der Waals surface area contributed by atoms with Crippen molar-refractivity contribution < 1.29 is 19.4 Å². The van der Waals surface area contributed by atoms with Crippen molar-refractivity contribution in [3.8, 4) is 17.2 Å². The second-order valence-electron chi connectivity index (χ2n) is 8.94. The van der Waals surface area contributed by atoms with E-state index in [-0.39, 0.29) is 22.5 Å². The number of nitrogens with one attached hydrogen (secondary N) is 1. The summed E-state index contributed by atoms with van der Waals surface area (Å²) in [6, 6.07) is 8.74. The highest BCUT2D eigenvalue weighted by Crippen LogP contribution is 2.40. The molecule has 0 aliphatic rings. The summed E-state index contributed by atoms with van der Waals surface area (Å²) in [7, 11) is 3.12. The van der Waals surface area contributed by atoms with E-state index < -0.39 is 0 Å². The monoisotopic (exact) mass is 385 g/mol. The number of ether oxygens (including phenoxy) is 2.